The van der Waals surface area contributed by atoms with E-state index in [1.807, 2.05) is 0 Å². The molecule has 0 aliphatic carbocycles. The number of aliphatic hydroxyl groups is 3. The summed E-state index contributed by atoms with van der Waals surface area (Å²) < 4.78 is 0. The molecular formula is C7H16N2O3. The summed E-state index contributed by atoms with van der Waals surface area (Å²) in [4.78, 5) is 1.72. The van der Waals surface area contributed by atoms with Crippen molar-refractivity contribution < 1.29 is 15.3 Å². The number of likely N-dealkylation sites (tertiary alicyclic amines) is 1. The van der Waals surface area contributed by atoms with Gasteiger partial charge in [0.1, 0.15) is 0 Å². The average molecular weight is 176 g/mol. The van der Waals surface area contributed by atoms with Crippen molar-refractivity contribution in [2.24, 2.45) is 5.73 Å². The van der Waals surface area contributed by atoms with Crippen LogP contribution < -0.4 is 5.73 Å². The monoisotopic (exact) mass is 176 g/mol. The van der Waals surface area contributed by atoms with Crippen LogP contribution >= 0.6 is 0 Å². The Hall–Kier alpha value is -0.200. The molecule has 1 aliphatic rings. The lowest BCUT2D eigenvalue weighted by Crippen LogP contribution is -2.41. The molecule has 0 aromatic rings. The lowest BCUT2D eigenvalue weighted by atomic mass is 10.1. The van der Waals surface area contributed by atoms with Crippen LogP contribution in [0.3, 0.4) is 0 Å². The maximum Gasteiger partial charge on any atom is 0.0992 e. The maximum absolute atomic E-state index is 9.45. The largest absolute Gasteiger partial charge is 0.395 e. The van der Waals surface area contributed by atoms with E-state index in [-0.39, 0.29) is 19.2 Å². The van der Waals surface area contributed by atoms with Gasteiger partial charge in [0.05, 0.1) is 30.9 Å². The van der Waals surface area contributed by atoms with Gasteiger partial charge in [-0.2, -0.15) is 0 Å². The van der Waals surface area contributed by atoms with Crippen LogP contribution in [0.15, 0.2) is 0 Å². The molecule has 1 fully saturated rings. The van der Waals surface area contributed by atoms with Crippen LogP contribution in [0.1, 0.15) is 0 Å². The van der Waals surface area contributed by atoms with Crippen molar-refractivity contribution in [3.05, 3.63) is 0 Å². The Kier molecular flexibility index (Phi) is 3.03. The number of hydrogen-bond donors (Lipinski definition) is 4. The van der Waals surface area contributed by atoms with Crippen molar-refractivity contribution in [3.63, 3.8) is 0 Å². The number of hydrogen-bond acceptors (Lipinski definition) is 5. The minimum absolute atomic E-state index is 0.161. The standard InChI is InChI=1S/C7H16N2O3/c1-9-4(2-8)6(11)7(12)5(9)3-10/h4-7,10-12H,2-3,8H2,1H3/t4-,5-,6-,7+/m1/s1. The summed E-state index contributed by atoms with van der Waals surface area (Å²) in [6, 6.07) is -0.648. The third kappa shape index (κ3) is 1.34. The van der Waals surface area contributed by atoms with Gasteiger partial charge in [-0.25, -0.2) is 0 Å². The van der Waals surface area contributed by atoms with Gasteiger partial charge >= 0.3 is 0 Å². The van der Waals surface area contributed by atoms with E-state index in [2.05, 4.69) is 0 Å². The Morgan fingerprint density at radius 1 is 1.25 bits per heavy atom. The highest BCUT2D eigenvalue weighted by atomic mass is 16.3. The average Bonchev–Trinajstić information content (AvgIpc) is 2.25. The first-order valence-electron chi connectivity index (χ1n) is 4.02. The lowest BCUT2D eigenvalue weighted by Gasteiger charge is -2.23. The molecule has 1 saturated heterocycles. The molecule has 5 N–H and O–H groups in total. The van der Waals surface area contributed by atoms with Crippen LogP contribution in [-0.2, 0) is 0 Å². The molecule has 0 bridgehead atoms. The summed E-state index contributed by atoms with van der Waals surface area (Å²) in [5.74, 6) is 0. The van der Waals surface area contributed by atoms with Crippen LogP contribution in [0.4, 0.5) is 0 Å². The summed E-state index contributed by atoms with van der Waals surface area (Å²) in [5, 5.41) is 27.8. The van der Waals surface area contributed by atoms with Crippen molar-refractivity contribution in [2.45, 2.75) is 24.3 Å². The zero-order chi connectivity index (χ0) is 9.30. The van der Waals surface area contributed by atoms with Crippen molar-refractivity contribution in [1.29, 1.82) is 0 Å². The molecule has 0 radical (unpaired) electrons. The molecular weight excluding hydrogens is 160 g/mol. The van der Waals surface area contributed by atoms with E-state index >= 15 is 0 Å². The summed E-state index contributed by atoms with van der Waals surface area (Å²) in [6.45, 7) is 0.121. The lowest BCUT2D eigenvalue weighted by molar-refractivity contribution is 0.0191. The molecule has 0 aromatic carbocycles. The Labute approximate surface area is 71.4 Å². The van der Waals surface area contributed by atoms with Gasteiger partial charge in [0.15, 0.2) is 0 Å². The minimum Gasteiger partial charge on any atom is -0.395 e. The first-order valence-corrected chi connectivity index (χ1v) is 4.02. The van der Waals surface area contributed by atoms with Crippen molar-refractivity contribution in [2.75, 3.05) is 20.2 Å². The van der Waals surface area contributed by atoms with Crippen LogP contribution in [0.2, 0.25) is 0 Å². The highest BCUT2D eigenvalue weighted by molar-refractivity contribution is 4.99. The van der Waals surface area contributed by atoms with E-state index in [0.29, 0.717) is 0 Å². The van der Waals surface area contributed by atoms with Crippen molar-refractivity contribution in [1.82, 2.24) is 4.90 Å². The Morgan fingerprint density at radius 2 is 1.75 bits per heavy atom. The summed E-state index contributed by atoms with van der Waals surface area (Å²) in [6.07, 6.45) is -1.74. The quantitative estimate of drug-likeness (QED) is 0.369. The second-order valence-electron chi connectivity index (χ2n) is 3.20. The molecule has 0 amide bonds. The van der Waals surface area contributed by atoms with E-state index < -0.39 is 18.2 Å². The predicted molar refractivity (Wildman–Crippen MR) is 43.5 cm³/mol. The van der Waals surface area contributed by atoms with Gasteiger partial charge in [0, 0.05) is 6.54 Å². The molecule has 1 heterocycles. The third-order valence-electron chi connectivity index (χ3n) is 2.61. The first kappa shape index (κ1) is 9.88. The third-order valence-corrected chi connectivity index (χ3v) is 2.61. The normalized spacial score (nSPS) is 43.8. The second-order valence-corrected chi connectivity index (χ2v) is 3.20. The maximum atomic E-state index is 9.45. The number of likely N-dealkylation sites (N-methyl/N-ethyl adjacent to an activating group) is 1. The Morgan fingerprint density at radius 3 is 2.00 bits per heavy atom. The molecule has 5 nitrogen and oxygen atoms in total. The minimum atomic E-state index is -0.895. The van der Waals surface area contributed by atoms with E-state index in [1.165, 1.54) is 0 Å². The molecule has 0 unspecified atom stereocenters. The highest BCUT2D eigenvalue weighted by Crippen LogP contribution is 2.22. The van der Waals surface area contributed by atoms with Gasteiger partial charge in [-0.3, -0.25) is 4.90 Å². The molecule has 12 heavy (non-hydrogen) atoms. The number of nitrogens with zero attached hydrogens (tertiary/aromatic N) is 1. The number of nitrogens with two attached hydrogens (primary N) is 1. The van der Waals surface area contributed by atoms with E-state index in [0.717, 1.165) is 0 Å². The molecule has 4 atom stereocenters. The molecule has 1 aliphatic heterocycles. The molecule has 0 saturated carbocycles. The van der Waals surface area contributed by atoms with Crippen LogP contribution in [0.5, 0.6) is 0 Å². The predicted octanol–water partition coefficient (Wildman–Crippen LogP) is -2.66. The molecule has 72 valence electrons. The Bertz CT molecular complexity index is 140. The fourth-order valence-corrected chi connectivity index (χ4v) is 1.73. The van der Waals surface area contributed by atoms with Crippen molar-refractivity contribution >= 4 is 0 Å². The van der Waals surface area contributed by atoms with Crippen molar-refractivity contribution in [3.8, 4) is 0 Å². The zero-order valence-electron chi connectivity index (χ0n) is 7.09. The molecule has 5 heteroatoms. The molecule has 1 rings (SSSR count). The fraction of sp³-hybridized carbons (Fsp3) is 1.00. The second kappa shape index (κ2) is 3.68. The number of rotatable bonds is 2. The smallest absolute Gasteiger partial charge is 0.0992 e. The molecule has 0 spiro atoms. The number of aliphatic hydroxyl groups excluding tert-OH is 3. The Balaban J connectivity index is 2.71. The van der Waals surface area contributed by atoms with Gasteiger partial charge in [0.2, 0.25) is 0 Å². The summed E-state index contributed by atoms with van der Waals surface area (Å²) in [5.41, 5.74) is 5.40. The molecule has 0 aromatic heterocycles. The van der Waals surface area contributed by atoms with Crippen LogP contribution in [0.25, 0.3) is 0 Å². The summed E-state index contributed by atoms with van der Waals surface area (Å²) >= 11 is 0. The topological polar surface area (TPSA) is 90.0 Å². The fourth-order valence-electron chi connectivity index (χ4n) is 1.73. The zero-order valence-corrected chi connectivity index (χ0v) is 7.09. The first-order chi connectivity index (χ1) is 5.63. The van der Waals surface area contributed by atoms with Gasteiger partial charge in [-0.05, 0) is 7.05 Å². The highest BCUT2D eigenvalue weighted by Gasteiger charge is 2.44. The van der Waals surface area contributed by atoms with Gasteiger partial charge in [-0.1, -0.05) is 0 Å². The van der Waals surface area contributed by atoms with Crippen LogP contribution in [-0.4, -0.2) is 64.7 Å². The SMILES string of the molecule is CN1[C@H](CO)[C@H](O)[C@H](O)[C@H]1CN. The van der Waals surface area contributed by atoms with Gasteiger partial charge < -0.3 is 21.1 Å². The van der Waals surface area contributed by atoms with Gasteiger partial charge in [0.25, 0.3) is 0 Å². The van der Waals surface area contributed by atoms with E-state index in [9.17, 15) is 10.2 Å². The van der Waals surface area contributed by atoms with E-state index in [1.54, 1.807) is 11.9 Å². The summed E-state index contributed by atoms with van der Waals surface area (Å²) in [7, 11) is 1.73. The van der Waals surface area contributed by atoms with E-state index in [4.69, 9.17) is 10.8 Å². The van der Waals surface area contributed by atoms with Gasteiger partial charge in [-0.15, -0.1) is 0 Å². The van der Waals surface area contributed by atoms with Crippen LogP contribution in [0, 0.1) is 0 Å².